The van der Waals surface area contributed by atoms with Crippen LogP contribution in [0.25, 0.3) is 0 Å². The molecule has 11 heteroatoms. The molecule has 2 aromatic rings. The second-order valence-corrected chi connectivity index (χ2v) is 4.99. The predicted octanol–water partition coefficient (Wildman–Crippen LogP) is 2.00. The third-order valence-corrected chi connectivity index (χ3v) is 3.43. The van der Waals surface area contributed by atoms with Crippen molar-refractivity contribution in [2.75, 3.05) is 6.79 Å². The van der Waals surface area contributed by atoms with Crippen LogP contribution in [0.5, 0.6) is 11.5 Å². The maximum atomic E-state index is 12.1. The first-order chi connectivity index (χ1) is 12.5. The summed E-state index contributed by atoms with van der Waals surface area (Å²) in [6, 6.07) is 7.88. The van der Waals surface area contributed by atoms with Crippen molar-refractivity contribution in [2.24, 2.45) is 5.10 Å². The van der Waals surface area contributed by atoms with Gasteiger partial charge in [0.05, 0.1) is 27.7 Å². The Labute approximate surface area is 145 Å². The quantitative estimate of drug-likeness (QED) is 0.488. The minimum absolute atomic E-state index is 0.0541. The summed E-state index contributed by atoms with van der Waals surface area (Å²) >= 11 is 0. The molecule has 3 rings (SSSR count). The van der Waals surface area contributed by atoms with Crippen molar-refractivity contribution in [1.29, 1.82) is 0 Å². The standard InChI is InChI=1S/C15H10N4O7/c20-15(10-3-1-2-4-11(10)18(21)22)17-16-7-9-5-13-14(26-8-25-13)6-12(9)19(23)24/h1-7H,8H2,(H,17,20). The Morgan fingerprint density at radius 3 is 2.42 bits per heavy atom. The van der Waals surface area contributed by atoms with E-state index in [0.29, 0.717) is 5.75 Å². The highest BCUT2D eigenvalue weighted by atomic mass is 16.7. The number of fused-ring (bicyclic) bond motifs is 1. The Balaban J connectivity index is 1.82. The number of nitro groups is 2. The lowest BCUT2D eigenvalue weighted by Crippen LogP contribution is -2.19. The van der Waals surface area contributed by atoms with Crippen LogP contribution in [-0.4, -0.2) is 28.8 Å². The van der Waals surface area contributed by atoms with E-state index in [1.165, 1.54) is 36.4 Å². The summed E-state index contributed by atoms with van der Waals surface area (Å²) in [5.74, 6) is -0.281. The smallest absolute Gasteiger partial charge is 0.282 e. The van der Waals surface area contributed by atoms with Crippen LogP contribution in [0.2, 0.25) is 0 Å². The number of carbonyl (C=O) groups is 1. The van der Waals surface area contributed by atoms with Gasteiger partial charge in [-0.15, -0.1) is 0 Å². The van der Waals surface area contributed by atoms with Gasteiger partial charge >= 0.3 is 0 Å². The molecule has 1 heterocycles. The predicted molar refractivity (Wildman–Crippen MR) is 87.4 cm³/mol. The SMILES string of the molecule is O=C(NN=Cc1cc2c(cc1[N+](=O)[O-])OCO2)c1ccccc1[N+](=O)[O-]. The number of hydrazone groups is 1. The van der Waals surface area contributed by atoms with E-state index >= 15 is 0 Å². The van der Waals surface area contributed by atoms with Crippen LogP contribution >= 0.6 is 0 Å². The molecule has 1 N–H and O–H groups in total. The lowest BCUT2D eigenvalue weighted by molar-refractivity contribution is -0.385. The number of nitrogens with one attached hydrogen (secondary N) is 1. The van der Waals surface area contributed by atoms with Crippen molar-refractivity contribution >= 4 is 23.5 Å². The number of nitro benzene ring substituents is 2. The first kappa shape index (κ1) is 16.8. The van der Waals surface area contributed by atoms with Crippen molar-refractivity contribution in [1.82, 2.24) is 5.43 Å². The minimum Gasteiger partial charge on any atom is -0.454 e. The van der Waals surface area contributed by atoms with Crippen LogP contribution in [0.1, 0.15) is 15.9 Å². The molecule has 1 aliphatic heterocycles. The highest BCUT2D eigenvalue weighted by molar-refractivity contribution is 5.98. The molecule has 0 aromatic heterocycles. The third kappa shape index (κ3) is 3.26. The summed E-state index contributed by atoms with van der Waals surface area (Å²) in [6.45, 7) is -0.0541. The third-order valence-electron chi connectivity index (χ3n) is 3.43. The molecule has 0 atom stereocenters. The number of para-hydroxylation sites is 1. The zero-order valence-electron chi connectivity index (χ0n) is 12.9. The summed E-state index contributed by atoms with van der Waals surface area (Å²) in [5, 5.41) is 25.7. The summed E-state index contributed by atoms with van der Waals surface area (Å²) in [5.41, 5.74) is 1.32. The van der Waals surface area contributed by atoms with Crippen LogP contribution in [0.4, 0.5) is 11.4 Å². The Morgan fingerprint density at radius 2 is 1.73 bits per heavy atom. The first-order valence-corrected chi connectivity index (χ1v) is 7.12. The van der Waals surface area contributed by atoms with Gasteiger partial charge in [0.1, 0.15) is 5.56 Å². The fourth-order valence-electron chi connectivity index (χ4n) is 2.25. The van der Waals surface area contributed by atoms with E-state index in [4.69, 9.17) is 9.47 Å². The lowest BCUT2D eigenvalue weighted by atomic mass is 10.1. The summed E-state index contributed by atoms with van der Waals surface area (Å²) in [4.78, 5) is 32.8. The summed E-state index contributed by atoms with van der Waals surface area (Å²) in [7, 11) is 0. The number of hydrogen-bond acceptors (Lipinski definition) is 8. The van der Waals surface area contributed by atoms with E-state index in [9.17, 15) is 25.0 Å². The number of rotatable bonds is 5. The lowest BCUT2D eigenvalue weighted by Gasteiger charge is -2.02. The van der Waals surface area contributed by atoms with Crippen LogP contribution in [0, 0.1) is 20.2 Å². The maximum absolute atomic E-state index is 12.1. The topological polar surface area (TPSA) is 146 Å². The van der Waals surface area contributed by atoms with Gasteiger partial charge < -0.3 is 9.47 Å². The molecule has 2 aromatic carbocycles. The molecule has 1 aliphatic rings. The molecule has 0 fully saturated rings. The molecular formula is C15H10N4O7. The van der Waals surface area contributed by atoms with Crippen LogP contribution in [0.3, 0.4) is 0 Å². The summed E-state index contributed by atoms with van der Waals surface area (Å²) in [6.07, 6.45) is 1.05. The van der Waals surface area contributed by atoms with Gasteiger partial charge in [-0.3, -0.25) is 25.0 Å². The summed E-state index contributed by atoms with van der Waals surface area (Å²) < 4.78 is 10.2. The largest absolute Gasteiger partial charge is 0.454 e. The number of ether oxygens (including phenoxy) is 2. The number of amides is 1. The van der Waals surface area contributed by atoms with Crippen molar-refractivity contribution < 1.29 is 24.1 Å². The van der Waals surface area contributed by atoms with Gasteiger partial charge in [0.2, 0.25) is 6.79 Å². The van der Waals surface area contributed by atoms with Crippen LogP contribution in [0.15, 0.2) is 41.5 Å². The van der Waals surface area contributed by atoms with Crippen molar-refractivity contribution in [2.45, 2.75) is 0 Å². The molecule has 0 unspecified atom stereocenters. The first-order valence-electron chi connectivity index (χ1n) is 7.12. The fourth-order valence-corrected chi connectivity index (χ4v) is 2.25. The fraction of sp³-hybridized carbons (Fsp3) is 0.0667. The monoisotopic (exact) mass is 358 g/mol. The van der Waals surface area contributed by atoms with Crippen molar-refractivity contribution in [3.8, 4) is 11.5 Å². The van der Waals surface area contributed by atoms with Gasteiger partial charge in [0, 0.05) is 6.07 Å². The van der Waals surface area contributed by atoms with Gasteiger partial charge in [-0.1, -0.05) is 12.1 Å². The molecule has 0 radical (unpaired) electrons. The normalized spacial score (nSPS) is 12.2. The molecule has 0 saturated carbocycles. The average molecular weight is 358 g/mol. The van der Waals surface area contributed by atoms with E-state index in [1.807, 2.05) is 0 Å². The van der Waals surface area contributed by atoms with Gasteiger partial charge in [0.15, 0.2) is 11.5 Å². The van der Waals surface area contributed by atoms with Gasteiger partial charge in [-0.05, 0) is 12.1 Å². The van der Waals surface area contributed by atoms with Crippen molar-refractivity contribution in [3.05, 3.63) is 67.8 Å². The van der Waals surface area contributed by atoms with Gasteiger partial charge in [0.25, 0.3) is 17.3 Å². The number of nitrogens with zero attached hydrogens (tertiary/aromatic N) is 3. The molecule has 11 nitrogen and oxygen atoms in total. The Morgan fingerprint density at radius 1 is 1.08 bits per heavy atom. The number of benzene rings is 2. The molecule has 0 aliphatic carbocycles. The Bertz CT molecular complexity index is 942. The van der Waals surface area contributed by atoms with E-state index < -0.39 is 15.8 Å². The minimum atomic E-state index is -0.822. The molecule has 0 bridgehead atoms. The molecule has 0 saturated heterocycles. The second-order valence-electron chi connectivity index (χ2n) is 4.99. The molecular weight excluding hydrogens is 348 g/mol. The molecule has 26 heavy (non-hydrogen) atoms. The van der Waals surface area contributed by atoms with Crippen molar-refractivity contribution in [3.63, 3.8) is 0 Å². The molecule has 1 amide bonds. The number of carbonyl (C=O) groups excluding carboxylic acids is 1. The maximum Gasteiger partial charge on any atom is 0.282 e. The number of hydrogen-bond donors (Lipinski definition) is 1. The Hall–Kier alpha value is -4.02. The average Bonchev–Trinajstić information content (AvgIpc) is 3.08. The highest BCUT2D eigenvalue weighted by Crippen LogP contribution is 2.37. The zero-order chi connectivity index (χ0) is 18.7. The van der Waals surface area contributed by atoms with Gasteiger partial charge in [-0.25, -0.2) is 5.43 Å². The van der Waals surface area contributed by atoms with Crippen LogP contribution in [-0.2, 0) is 0 Å². The van der Waals surface area contributed by atoms with E-state index in [0.717, 1.165) is 6.21 Å². The second kappa shape index (κ2) is 6.84. The van der Waals surface area contributed by atoms with E-state index in [1.54, 1.807) is 0 Å². The van der Waals surface area contributed by atoms with Crippen LogP contribution < -0.4 is 14.9 Å². The van der Waals surface area contributed by atoms with E-state index in [-0.39, 0.29) is 35.0 Å². The Kier molecular flexibility index (Phi) is 4.43. The zero-order valence-corrected chi connectivity index (χ0v) is 12.9. The van der Waals surface area contributed by atoms with E-state index in [2.05, 4.69) is 10.5 Å². The van der Waals surface area contributed by atoms with Gasteiger partial charge in [-0.2, -0.15) is 5.10 Å². The highest BCUT2D eigenvalue weighted by Gasteiger charge is 2.23. The molecule has 0 spiro atoms. The molecule has 132 valence electrons.